The molecule has 2 aliphatic rings. The molecule has 2 aromatic carbocycles. The second-order valence-corrected chi connectivity index (χ2v) is 11.9. The Bertz CT molecular complexity index is 1510. The quantitative estimate of drug-likeness (QED) is 0.282. The zero-order valence-corrected chi connectivity index (χ0v) is 24.0. The maximum atomic E-state index is 13.3. The number of aryl methyl sites for hydroxylation is 2. The molecule has 218 valence electrons. The number of primary amides is 2. The van der Waals surface area contributed by atoms with E-state index >= 15 is 0 Å². The molecule has 1 heterocycles. The third-order valence-corrected chi connectivity index (χ3v) is 8.37. The number of benzene rings is 2. The van der Waals surface area contributed by atoms with E-state index in [0.717, 1.165) is 35.1 Å². The zero-order chi connectivity index (χ0) is 30.2. The van der Waals surface area contributed by atoms with Crippen LogP contribution in [0.2, 0.25) is 0 Å². The fraction of sp³-hybridized carbons (Fsp3) is 0.433. The highest BCUT2D eigenvalue weighted by molar-refractivity contribution is 5.94. The van der Waals surface area contributed by atoms with Gasteiger partial charge in [0.15, 0.2) is 5.82 Å². The largest absolute Gasteiger partial charge is 0.366 e. The van der Waals surface area contributed by atoms with Crippen molar-refractivity contribution in [1.82, 2.24) is 30.8 Å². The van der Waals surface area contributed by atoms with Gasteiger partial charge in [-0.3, -0.25) is 14.4 Å². The number of carbonyl (C=O) groups is 3. The second kappa shape index (κ2) is 11.0. The van der Waals surface area contributed by atoms with Gasteiger partial charge in [0, 0.05) is 22.7 Å². The van der Waals surface area contributed by atoms with Crippen molar-refractivity contribution >= 4 is 17.7 Å². The Hall–Kier alpha value is -4.63. The minimum Gasteiger partial charge on any atom is -0.366 e. The van der Waals surface area contributed by atoms with Crippen LogP contribution in [0.1, 0.15) is 88.8 Å². The number of nitrogens with two attached hydrogens (primary N) is 2. The number of nitriles is 1. The van der Waals surface area contributed by atoms with Crippen molar-refractivity contribution in [2.75, 3.05) is 6.54 Å². The van der Waals surface area contributed by atoms with E-state index in [4.69, 9.17) is 11.5 Å². The van der Waals surface area contributed by atoms with E-state index < -0.39 is 28.8 Å². The lowest BCUT2D eigenvalue weighted by Gasteiger charge is -2.41. The minimum atomic E-state index is -0.966. The van der Waals surface area contributed by atoms with E-state index in [2.05, 4.69) is 32.0 Å². The van der Waals surface area contributed by atoms with Gasteiger partial charge in [-0.25, -0.2) is 5.10 Å². The van der Waals surface area contributed by atoms with E-state index in [1.165, 1.54) is 0 Å². The SMILES string of the molecule is CC(C#N)N(C(=O)CNC(C)(C)CC1(c2nnn[nH]2)c2ccc(C(N)=O)cc2CCc2cc(C(N)=O)ccc21)C1CC1. The molecule has 12 heteroatoms. The van der Waals surface area contributed by atoms with Crippen LogP contribution in [0.25, 0.3) is 0 Å². The number of carbonyl (C=O) groups excluding carboxylic acids is 3. The highest BCUT2D eigenvalue weighted by Gasteiger charge is 2.48. The summed E-state index contributed by atoms with van der Waals surface area (Å²) in [6, 6.07) is 12.6. The molecule has 0 saturated heterocycles. The molecule has 1 saturated carbocycles. The van der Waals surface area contributed by atoms with Crippen LogP contribution >= 0.6 is 0 Å². The zero-order valence-electron chi connectivity index (χ0n) is 24.0. The molecule has 42 heavy (non-hydrogen) atoms. The molecule has 0 radical (unpaired) electrons. The lowest BCUT2D eigenvalue weighted by molar-refractivity contribution is -0.132. The second-order valence-electron chi connectivity index (χ2n) is 11.9. The van der Waals surface area contributed by atoms with Crippen LogP contribution in [-0.2, 0) is 23.1 Å². The predicted molar refractivity (Wildman–Crippen MR) is 153 cm³/mol. The van der Waals surface area contributed by atoms with Crippen LogP contribution in [0.5, 0.6) is 0 Å². The predicted octanol–water partition coefficient (Wildman–Crippen LogP) is 1.49. The first-order chi connectivity index (χ1) is 20.0. The van der Waals surface area contributed by atoms with Gasteiger partial charge >= 0.3 is 0 Å². The molecule has 0 spiro atoms. The average molecular weight is 570 g/mol. The van der Waals surface area contributed by atoms with E-state index in [0.29, 0.717) is 36.2 Å². The molecule has 0 aliphatic heterocycles. The molecule has 3 aromatic rings. The summed E-state index contributed by atoms with van der Waals surface area (Å²) in [6.45, 7) is 5.79. The number of amides is 3. The molecular weight excluding hydrogens is 534 g/mol. The Balaban J connectivity index is 1.62. The van der Waals surface area contributed by atoms with Crippen LogP contribution in [0.4, 0.5) is 0 Å². The number of rotatable bonds is 10. The van der Waals surface area contributed by atoms with Crippen molar-refractivity contribution in [2.24, 2.45) is 11.5 Å². The van der Waals surface area contributed by atoms with E-state index in [1.807, 2.05) is 26.0 Å². The van der Waals surface area contributed by atoms with Gasteiger partial charge in [-0.2, -0.15) is 5.26 Å². The Kier molecular flexibility index (Phi) is 7.55. The monoisotopic (exact) mass is 569 g/mol. The maximum absolute atomic E-state index is 13.3. The number of H-pyrrole nitrogens is 1. The molecule has 6 N–H and O–H groups in total. The molecule has 12 nitrogen and oxygen atoms in total. The van der Waals surface area contributed by atoms with Crippen molar-refractivity contribution in [3.8, 4) is 6.07 Å². The normalized spacial score (nSPS) is 16.3. The van der Waals surface area contributed by atoms with E-state index in [-0.39, 0.29) is 18.5 Å². The van der Waals surface area contributed by atoms with Crippen molar-refractivity contribution in [1.29, 1.82) is 5.26 Å². The number of nitrogens with one attached hydrogen (secondary N) is 2. The van der Waals surface area contributed by atoms with Crippen LogP contribution in [0.3, 0.4) is 0 Å². The van der Waals surface area contributed by atoms with E-state index in [9.17, 15) is 19.6 Å². The van der Waals surface area contributed by atoms with Gasteiger partial charge in [-0.05, 0) is 110 Å². The molecule has 5 rings (SSSR count). The van der Waals surface area contributed by atoms with Gasteiger partial charge in [-0.1, -0.05) is 12.1 Å². The molecule has 1 aromatic heterocycles. The molecule has 1 unspecified atom stereocenters. The first-order valence-corrected chi connectivity index (χ1v) is 14.0. The number of fused-ring (bicyclic) bond motifs is 2. The number of nitrogens with zero attached hydrogens (tertiary/aromatic N) is 5. The highest BCUT2D eigenvalue weighted by Crippen LogP contribution is 2.48. The molecule has 0 bridgehead atoms. The lowest BCUT2D eigenvalue weighted by atomic mass is 9.65. The van der Waals surface area contributed by atoms with Gasteiger partial charge in [0.1, 0.15) is 6.04 Å². The molecule has 2 aliphatic carbocycles. The summed E-state index contributed by atoms with van der Waals surface area (Å²) in [6.07, 6.45) is 3.34. The number of hydrogen-bond acceptors (Lipinski definition) is 8. The Morgan fingerprint density at radius 1 is 1.10 bits per heavy atom. The van der Waals surface area contributed by atoms with Crippen LogP contribution in [0, 0.1) is 11.3 Å². The highest BCUT2D eigenvalue weighted by atomic mass is 16.2. The summed E-state index contributed by atoms with van der Waals surface area (Å²) in [5.74, 6) is -0.719. The standard InChI is InChI=1S/C30H35N9O3/c1-17(14-31)39(22-8-9-22)25(40)15-34-29(2,3)16-30(28-35-37-38-36-28)23-10-6-20(26(32)41)12-18(23)4-5-19-13-21(27(33)42)7-11-24(19)30/h6-7,10-13,17,22,34H,4-5,8-9,15-16H2,1-3H3,(H2,32,41)(H2,33,42)(H,35,36,37,38). The summed E-state index contributed by atoms with van der Waals surface area (Å²) in [4.78, 5) is 39.2. The summed E-state index contributed by atoms with van der Waals surface area (Å²) in [7, 11) is 0. The minimum absolute atomic E-state index is 0.0429. The molecule has 1 atom stereocenters. The number of tetrazole rings is 1. The van der Waals surface area contributed by atoms with Crippen molar-refractivity contribution < 1.29 is 14.4 Å². The van der Waals surface area contributed by atoms with Gasteiger partial charge in [0.05, 0.1) is 18.0 Å². The topological polar surface area (TPSA) is 197 Å². The maximum Gasteiger partial charge on any atom is 0.248 e. The third kappa shape index (κ3) is 5.35. The van der Waals surface area contributed by atoms with Gasteiger partial charge in [0.25, 0.3) is 0 Å². The molecule has 1 fully saturated rings. The first-order valence-electron chi connectivity index (χ1n) is 14.0. The van der Waals surface area contributed by atoms with E-state index in [1.54, 1.807) is 36.1 Å². The van der Waals surface area contributed by atoms with Gasteiger partial charge < -0.3 is 21.7 Å². The van der Waals surface area contributed by atoms with Gasteiger partial charge in [0.2, 0.25) is 17.7 Å². The smallest absolute Gasteiger partial charge is 0.248 e. The number of aromatic nitrogens is 4. The van der Waals surface area contributed by atoms with Crippen LogP contribution in [0.15, 0.2) is 36.4 Å². The summed E-state index contributed by atoms with van der Waals surface area (Å²) < 4.78 is 0. The fourth-order valence-corrected chi connectivity index (χ4v) is 6.31. The van der Waals surface area contributed by atoms with Gasteiger partial charge in [-0.15, -0.1) is 5.10 Å². The summed E-state index contributed by atoms with van der Waals surface area (Å²) in [5, 5.41) is 28.1. The lowest BCUT2D eigenvalue weighted by Crippen LogP contribution is -2.52. The summed E-state index contributed by atoms with van der Waals surface area (Å²) in [5.41, 5.74) is 14.0. The average Bonchev–Trinajstić information content (AvgIpc) is 3.66. The number of hydrogen-bond donors (Lipinski definition) is 4. The number of aromatic amines is 1. The summed E-state index contributed by atoms with van der Waals surface area (Å²) >= 11 is 0. The van der Waals surface area contributed by atoms with Crippen molar-refractivity contribution in [3.05, 3.63) is 75.6 Å². The third-order valence-electron chi connectivity index (χ3n) is 8.37. The molecule has 3 amide bonds. The Labute approximate surface area is 243 Å². The van der Waals surface area contributed by atoms with Crippen LogP contribution < -0.4 is 16.8 Å². The fourth-order valence-electron chi connectivity index (χ4n) is 6.31. The van der Waals surface area contributed by atoms with Crippen LogP contribution in [-0.4, -0.2) is 67.4 Å². The van der Waals surface area contributed by atoms with Crippen molar-refractivity contribution in [3.63, 3.8) is 0 Å². The Morgan fingerprint density at radius 3 is 2.12 bits per heavy atom. The Morgan fingerprint density at radius 2 is 1.67 bits per heavy atom. The molecular formula is C30H35N9O3. The first kappa shape index (κ1) is 28.9. The van der Waals surface area contributed by atoms with Crippen molar-refractivity contribution in [2.45, 2.75) is 75.9 Å².